The zero-order valence-electron chi connectivity index (χ0n) is 10.6. The molecule has 2 N–H and O–H groups in total. The van der Waals surface area contributed by atoms with Gasteiger partial charge in [0.25, 0.3) is 0 Å². The summed E-state index contributed by atoms with van der Waals surface area (Å²) in [4.78, 5) is 23.0. The topological polar surface area (TPSA) is 78.6 Å². The molecule has 0 radical (unpaired) electrons. The summed E-state index contributed by atoms with van der Waals surface area (Å²) in [6.07, 6.45) is 2.99. The van der Waals surface area contributed by atoms with Gasteiger partial charge in [-0.05, 0) is 18.4 Å². The average molecular weight is 263 g/mol. The molecule has 0 amide bonds. The van der Waals surface area contributed by atoms with E-state index in [9.17, 15) is 9.59 Å². The van der Waals surface area contributed by atoms with Crippen molar-refractivity contribution in [2.24, 2.45) is 5.73 Å². The maximum absolute atomic E-state index is 11.5. The molecule has 2 rings (SSSR count). The van der Waals surface area contributed by atoms with Gasteiger partial charge in [0.1, 0.15) is 6.61 Å². The van der Waals surface area contributed by atoms with Gasteiger partial charge in [-0.15, -0.1) is 0 Å². The predicted octanol–water partition coefficient (Wildman–Crippen LogP) is 1.50. The Morgan fingerprint density at radius 1 is 1.11 bits per heavy atom. The number of benzene rings is 1. The lowest BCUT2D eigenvalue weighted by Gasteiger charge is -2.22. The van der Waals surface area contributed by atoms with E-state index in [0.29, 0.717) is 12.8 Å². The average Bonchev–Trinajstić information content (AvgIpc) is 2.83. The summed E-state index contributed by atoms with van der Waals surface area (Å²) in [5, 5.41) is 0. The third kappa shape index (κ3) is 3.79. The number of hydrogen-bond donors (Lipinski definition) is 1. The molecule has 0 bridgehead atoms. The van der Waals surface area contributed by atoms with Crippen LogP contribution in [0, 0.1) is 0 Å². The van der Waals surface area contributed by atoms with Crippen LogP contribution in [0.15, 0.2) is 30.3 Å². The maximum Gasteiger partial charge on any atom is 0.419 e. The van der Waals surface area contributed by atoms with Crippen LogP contribution in [0.5, 0.6) is 0 Å². The molecule has 0 aliphatic heterocycles. The second kappa shape index (κ2) is 5.84. The molecule has 1 fully saturated rings. The second-order valence-corrected chi connectivity index (χ2v) is 4.72. The van der Waals surface area contributed by atoms with Gasteiger partial charge in [0, 0.05) is 12.8 Å². The van der Waals surface area contributed by atoms with E-state index < -0.39 is 17.7 Å². The fourth-order valence-corrected chi connectivity index (χ4v) is 2.08. The molecule has 0 saturated heterocycles. The molecule has 19 heavy (non-hydrogen) atoms. The van der Waals surface area contributed by atoms with Gasteiger partial charge >= 0.3 is 11.9 Å². The summed E-state index contributed by atoms with van der Waals surface area (Å²) in [5.41, 5.74) is 5.67. The first-order valence-electron chi connectivity index (χ1n) is 6.32. The number of nitrogens with two attached hydrogens (primary N) is 1. The van der Waals surface area contributed by atoms with Gasteiger partial charge in [-0.2, -0.15) is 0 Å². The molecule has 1 saturated carbocycles. The van der Waals surface area contributed by atoms with Gasteiger partial charge in [-0.25, -0.2) is 9.59 Å². The molecule has 5 heteroatoms. The van der Waals surface area contributed by atoms with Gasteiger partial charge in [0.05, 0.1) is 0 Å². The molecule has 5 nitrogen and oxygen atoms in total. The molecule has 1 aromatic rings. The van der Waals surface area contributed by atoms with Crippen LogP contribution in [0.25, 0.3) is 0 Å². The zero-order valence-corrected chi connectivity index (χ0v) is 10.6. The lowest BCUT2D eigenvalue weighted by Crippen LogP contribution is -2.43. The van der Waals surface area contributed by atoms with Crippen molar-refractivity contribution in [3.8, 4) is 0 Å². The van der Waals surface area contributed by atoms with Crippen molar-refractivity contribution < 1.29 is 19.1 Å². The van der Waals surface area contributed by atoms with Crippen LogP contribution in [0.3, 0.4) is 0 Å². The molecule has 102 valence electrons. The van der Waals surface area contributed by atoms with Crippen LogP contribution in [-0.2, 0) is 25.7 Å². The smallest absolute Gasteiger partial charge is 0.419 e. The van der Waals surface area contributed by atoms with Crippen LogP contribution < -0.4 is 5.73 Å². The minimum Gasteiger partial charge on any atom is -0.452 e. The Bertz CT molecular complexity index is 452. The molecule has 0 atom stereocenters. The second-order valence-electron chi connectivity index (χ2n) is 4.72. The van der Waals surface area contributed by atoms with Crippen LogP contribution >= 0.6 is 0 Å². The van der Waals surface area contributed by atoms with Crippen molar-refractivity contribution >= 4 is 11.9 Å². The van der Waals surface area contributed by atoms with Crippen molar-refractivity contribution in [3.63, 3.8) is 0 Å². The van der Waals surface area contributed by atoms with E-state index in [1.807, 2.05) is 18.2 Å². The van der Waals surface area contributed by atoms with E-state index in [-0.39, 0.29) is 6.61 Å². The van der Waals surface area contributed by atoms with Crippen LogP contribution in [-0.4, -0.2) is 17.7 Å². The van der Waals surface area contributed by atoms with Gasteiger partial charge in [0.2, 0.25) is 0 Å². The molecule has 0 unspecified atom stereocenters. The van der Waals surface area contributed by atoms with Gasteiger partial charge in [-0.3, -0.25) is 5.73 Å². The third-order valence-corrected chi connectivity index (χ3v) is 3.13. The van der Waals surface area contributed by atoms with Crippen molar-refractivity contribution in [2.45, 2.75) is 38.0 Å². The van der Waals surface area contributed by atoms with Gasteiger partial charge in [0.15, 0.2) is 5.72 Å². The van der Waals surface area contributed by atoms with E-state index in [2.05, 4.69) is 0 Å². The van der Waals surface area contributed by atoms with E-state index in [1.54, 1.807) is 12.1 Å². The van der Waals surface area contributed by atoms with Crippen molar-refractivity contribution in [3.05, 3.63) is 35.9 Å². The van der Waals surface area contributed by atoms with Crippen LogP contribution in [0.4, 0.5) is 0 Å². The molecule has 1 aliphatic rings. The minimum absolute atomic E-state index is 0.0480. The van der Waals surface area contributed by atoms with E-state index in [4.69, 9.17) is 15.2 Å². The monoisotopic (exact) mass is 263 g/mol. The highest BCUT2D eigenvalue weighted by atomic mass is 16.6. The molecular formula is C14H17NO4. The summed E-state index contributed by atoms with van der Waals surface area (Å²) in [7, 11) is 0. The van der Waals surface area contributed by atoms with Crippen molar-refractivity contribution in [1.82, 2.24) is 0 Å². The number of esters is 2. The standard InChI is InChI=1S/C14H17NO4/c15-14(8-4-5-9-14)19-13(17)12(16)18-10-11-6-2-1-3-7-11/h1-3,6-7H,4-5,8-10,15H2. The molecule has 0 aromatic heterocycles. The Kier molecular flexibility index (Phi) is 4.16. The Balaban J connectivity index is 1.81. The van der Waals surface area contributed by atoms with Crippen LogP contribution in [0.2, 0.25) is 0 Å². The fraction of sp³-hybridized carbons (Fsp3) is 0.429. The predicted molar refractivity (Wildman–Crippen MR) is 67.7 cm³/mol. The summed E-state index contributed by atoms with van der Waals surface area (Å²) < 4.78 is 9.89. The number of rotatable bonds is 3. The highest BCUT2D eigenvalue weighted by Crippen LogP contribution is 2.28. The lowest BCUT2D eigenvalue weighted by molar-refractivity contribution is -0.177. The van der Waals surface area contributed by atoms with Gasteiger partial charge < -0.3 is 9.47 Å². The molecule has 1 aromatic carbocycles. The largest absolute Gasteiger partial charge is 0.452 e. The highest BCUT2D eigenvalue weighted by Gasteiger charge is 2.35. The number of carbonyl (C=O) groups excluding carboxylic acids is 2. The first kappa shape index (κ1) is 13.5. The van der Waals surface area contributed by atoms with E-state index >= 15 is 0 Å². The first-order chi connectivity index (χ1) is 9.09. The van der Waals surface area contributed by atoms with E-state index in [0.717, 1.165) is 18.4 Å². The highest BCUT2D eigenvalue weighted by molar-refractivity contribution is 6.29. The number of carbonyl (C=O) groups is 2. The first-order valence-corrected chi connectivity index (χ1v) is 6.32. The Morgan fingerprint density at radius 2 is 1.74 bits per heavy atom. The molecule has 0 spiro atoms. The Morgan fingerprint density at radius 3 is 2.37 bits per heavy atom. The summed E-state index contributed by atoms with van der Waals surface area (Å²) in [6, 6.07) is 9.13. The summed E-state index contributed by atoms with van der Waals surface area (Å²) in [6.45, 7) is 0.0480. The molecule has 0 heterocycles. The maximum atomic E-state index is 11.5. The molecule has 1 aliphatic carbocycles. The van der Waals surface area contributed by atoms with Gasteiger partial charge in [-0.1, -0.05) is 30.3 Å². The SMILES string of the molecule is NC1(OC(=O)C(=O)OCc2ccccc2)CCCC1. The number of hydrogen-bond acceptors (Lipinski definition) is 5. The third-order valence-electron chi connectivity index (χ3n) is 3.13. The summed E-state index contributed by atoms with van der Waals surface area (Å²) >= 11 is 0. The lowest BCUT2D eigenvalue weighted by atomic mass is 10.2. The van der Waals surface area contributed by atoms with Crippen molar-refractivity contribution in [1.29, 1.82) is 0 Å². The zero-order chi connectivity index (χ0) is 13.7. The quantitative estimate of drug-likeness (QED) is 0.508. The van der Waals surface area contributed by atoms with Crippen LogP contribution in [0.1, 0.15) is 31.2 Å². The summed E-state index contributed by atoms with van der Waals surface area (Å²) in [5.74, 6) is -2.01. The van der Waals surface area contributed by atoms with Crippen molar-refractivity contribution in [2.75, 3.05) is 0 Å². The fourth-order valence-electron chi connectivity index (χ4n) is 2.08. The number of ether oxygens (including phenoxy) is 2. The van der Waals surface area contributed by atoms with E-state index in [1.165, 1.54) is 0 Å². The minimum atomic E-state index is -1.01. The molecular weight excluding hydrogens is 246 g/mol. The normalized spacial score (nSPS) is 16.9. The Hall–Kier alpha value is -1.88. The Labute approximate surface area is 111 Å².